The number of hydrogen-bond donors (Lipinski definition) is 2. The van der Waals surface area contributed by atoms with Gasteiger partial charge in [0.2, 0.25) is 5.91 Å². The lowest BCUT2D eigenvalue weighted by Gasteiger charge is -2.26. The lowest BCUT2D eigenvalue weighted by atomic mass is 10.1. The van der Waals surface area contributed by atoms with Crippen LogP contribution in [0.1, 0.15) is 20.3 Å². The number of nitrogens with one attached hydrogen (secondary N) is 1. The van der Waals surface area contributed by atoms with Gasteiger partial charge in [0, 0.05) is 26.2 Å². The number of likely N-dealkylation sites (tertiary alicyclic amines) is 1. The van der Waals surface area contributed by atoms with Crippen molar-refractivity contribution in [2.24, 2.45) is 5.92 Å². The molecule has 0 aromatic heterocycles. The fraction of sp³-hybridized carbons (Fsp3) is 0.750. The second kappa shape index (κ2) is 6.96. The fourth-order valence-electron chi connectivity index (χ4n) is 2.08. The summed E-state index contributed by atoms with van der Waals surface area (Å²) in [5.41, 5.74) is 0. The SMILES string of the molecule is CCNC(=O)CN(CC)C(=O)N1CCC(C(=O)O)C1. The molecule has 108 valence electrons. The Labute approximate surface area is 112 Å². The van der Waals surface area contributed by atoms with Crippen LogP contribution in [0.25, 0.3) is 0 Å². The Morgan fingerprint density at radius 2 is 2.05 bits per heavy atom. The van der Waals surface area contributed by atoms with Crippen LogP contribution in [0.2, 0.25) is 0 Å². The molecule has 1 aliphatic rings. The predicted molar refractivity (Wildman–Crippen MR) is 68.6 cm³/mol. The number of hydrogen-bond acceptors (Lipinski definition) is 3. The average Bonchev–Trinajstić information content (AvgIpc) is 2.85. The molecule has 3 amide bonds. The lowest BCUT2D eigenvalue weighted by molar-refractivity contribution is -0.141. The van der Waals surface area contributed by atoms with E-state index in [-0.39, 0.29) is 25.0 Å². The third-order valence-corrected chi connectivity index (χ3v) is 3.17. The Bertz CT molecular complexity index is 359. The summed E-state index contributed by atoms with van der Waals surface area (Å²) in [4.78, 5) is 37.4. The van der Waals surface area contributed by atoms with Gasteiger partial charge in [0.15, 0.2) is 0 Å². The van der Waals surface area contributed by atoms with Crippen LogP contribution in [0, 0.1) is 5.92 Å². The molecule has 2 N–H and O–H groups in total. The van der Waals surface area contributed by atoms with Gasteiger partial charge in [0.1, 0.15) is 6.54 Å². The van der Waals surface area contributed by atoms with E-state index in [0.717, 1.165) is 0 Å². The Morgan fingerprint density at radius 3 is 2.53 bits per heavy atom. The van der Waals surface area contributed by atoms with E-state index in [1.807, 2.05) is 6.92 Å². The molecule has 1 aliphatic heterocycles. The number of carbonyl (C=O) groups is 3. The molecule has 19 heavy (non-hydrogen) atoms. The number of rotatable bonds is 5. The van der Waals surface area contributed by atoms with E-state index in [2.05, 4.69) is 5.32 Å². The molecule has 7 heteroatoms. The molecule has 1 unspecified atom stereocenters. The number of likely N-dealkylation sites (N-methyl/N-ethyl adjacent to an activating group) is 2. The highest BCUT2D eigenvalue weighted by Crippen LogP contribution is 2.17. The van der Waals surface area contributed by atoms with E-state index in [4.69, 9.17) is 5.11 Å². The summed E-state index contributed by atoms with van der Waals surface area (Å²) in [5, 5.41) is 11.5. The molecule has 1 rings (SSSR count). The molecule has 0 bridgehead atoms. The molecule has 1 heterocycles. The number of aliphatic carboxylic acids is 1. The van der Waals surface area contributed by atoms with Crippen molar-refractivity contribution in [2.45, 2.75) is 20.3 Å². The first-order valence-electron chi connectivity index (χ1n) is 6.52. The first-order valence-corrected chi connectivity index (χ1v) is 6.52. The first-order chi connectivity index (χ1) is 8.99. The quantitative estimate of drug-likeness (QED) is 0.735. The minimum Gasteiger partial charge on any atom is -0.481 e. The Balaban J connectivity index is 2.55. The minimum atomic E-state index is -0.873. The van der Waals surface area contributed by atoms with Crippen molar-refractivity contribution >= 4 is 17.9 Å². The number of nitrogens with zero attached hydrogens (tertiary/aromatic N) is 2. The second-order valence-corrected chi connectivity index (χ2v) is 4.52. The highest BCUT2D eigenvalue weighted by Gasteiger charge is 2.33. The summed E-state index contributed by atoms with van der Waals surface area (Å²) in [5.74, 6) is -1.57. The molecular formula is C12H21N3O4. The van der Waals surface area contributed by atoms with Crippen LogP contribution in [0.4, 0.5) is 4.79 Å². The molecule has 1 saturated heterocycles. The van der Waals surface area contributed by atoms with Gasteiger partial charge in [-0.15, -0.1) is 0 Å². The molecular weight excluding hydrogens is 250 g/mol. The van der Waals surface area contributed by atoms with Crippen LogP contribution < -0.4 is 5.32 Å². The van der Waals surface area contributed by atoms with Crippen LogP contribution in [-0.2, 0) is 9.59 Å². The van der Waals surface area contributed by atoms with Crippen molar-refractivity contribution in [2.75, 3.05) is 32.7 Å². The normalized spacial score (nSPS) is 18.2. The Hall–Kier alpha value is -1.79. The van der Waals surface area contributed by atoms with Crippen LogP contribution in [0.15, 0.2) is 0 Å². The van der Waals surface area contributed by atoms with Gasteiger partial charge in [0.05, 0.1) is 5.92 Å². The van der Waals surface area contributed by atoms with Gasteiger partial charge < -0.3 is 20.2 Å². The standard InChI is InChI=1S/C12H21N3O4/c1-3-13-10(16)8-14(4-2)12(19)15-6-5-9(7-15)11(17)18/h9H,3-8H2,1-2H3,(H,13,16)(H,17,18). The zero-order valence-corrected chi connectivity index (χ0v) is 11.4. The van der Waals surface area contributed by atoms with Gasteiger partial charge in [-0.1, -0.05) is 0 Å². The summed E-state index contributed by atoms with van der Waals surface area (Å²) in [6, 6.07) is -0.266. The second-order valence-electron chi connectivity index (χ2n) is 4.52. The zero-order valence-electron chi connectivity index (χ0n) is 11.4. The highest BCUT2D eigenvalue weighted by molar-refractivity contribution is 5.84. The summed E-state index contributed by atoms with van der Waals surface area (Å²) in [7, 11) is 0. The molecule has 0 aromatic rings. The smallest absolute Gasteiger partial charge is 0.320 e. The van der Waals surface area contributed by atoms with Crippen molar-refractivity contribution in [3.63, 3.8) is 0 Å². The molecule has 0 saturated carbocycles. The fourth-order valence-corrected chi connectivity index (χ4v) is 2.08. The first kappa shape index (κ1) is 15.3. The maximum absolute atomic E-state index is 12.2. The largest absolute Gasteiger partial charge is 0.481 e. The molecule has 0 aliphatic carbocycles. The molecule has 1 fully saturated rings. The van der Waals surface area contributed by atoms with Gasteiger partial charge >= 0.3 is 12.0 Å². The van der Waals surface area contributed by atoms with Gasteiger partial charge in [-0.2, -0.15) is 0 Å². The molecule has 1 atom stereocenters. The van der Waals surface area contributed by atoms with E-state index in [9.17, 15) is 14.4 Å². The summed E-state index contributed by atoms with van der Waals surface area (Å²) < 4.78 is 0. The molecule has 0 spiro atoms. The zero-order chi connectivity index (χ0) is 14.4. The lowest BCUT2D eigenvalue weighted by Crippen LogP contribution is -2.46. The number of carboxylic acids is 1. The minimum absolute atomic E-state index is 0.0113. The Morgan fingerprint density at radius 1 is 1.37 bits per heavy atom. The van der Waals surface area contributed by atoms with Gasteiger partial charge in [-0.25, -0.2) is 4.79 Å². The van der Waals surface area contributed by atoms with Crippen molar-refractivity contribution < 1.29 is 19.5 Å². The van der Waals surface area contributed by atoms with Crippen LogP contribution in [0.3, 0.4) is 0 Å². The third kappa shape index (κ3) is 4.11. The van der Waals surface area contributed by atoms with Gasteiger partial charge in [-0.3, -0.25) is 9.59 Å². The maximum Gasteiger partial charge on any atom is 0.320 e. The monoisotopic (exact) mass is 271 g/mol. The summed E-state index contributed by atoms with van der Waals surface area (Å²) in [6.45, 7) is 5.22. The molecule has 0 radical (unpaired) electrons. The number of carbonyl (C=O) groups excluding carboxylic acids is 2. The van der Waals surface area contributed by atoms with E-state index in [0.29, 0.717) is 26.1 Å². The van der Waals surface area contributed by atoms with Crippen molar-refractivity contribution in [3.05, 3.63) is 0 Å². The van der Waals surface area contributed by atoms with E-state index < -0.39 is 11.9 Å². The summed E-state index contributed by atoms with van der Waals surface area (Å²) >= 11 is 0. The van der Waals surface area contributed by atoms with E-state index in [1.165, 1.54) is 9.80 Å². The van der Waals surface area contributed by atoms with Crippen molar-refractivity contribution in [3.8, 4) is 0 Å². The topological polar surface area (TPSA) is 90.0 Å². The van der Waals surface area contributed by atoms with E-state index >= 15 is 0 Å². The summed E-state index contributed by atoms with van der Waals surface area (Å²) in [6.07, 6.45) is 0.472. The highest BCUT2D eigenvalue weighted by atomic mass is 16.4. The molecule has 0 aromatic carbocycles. The average molecular weight is 271 g/mol. The van der Waals surface area contributed by atoms with Crippen molar-refractivity contribution in [1.29, 1.82) is 0 Å². The predicted octanol–water partition coefficient (Wildman–Crippen LogP) is -0.0291. The molecule has 7 nitrogen and oxygen atoms in total. The van der Waals surface area contributed by atoms with E-state index in [1.54, 1.807) is 6.92 Å². The van der Waals surface area contributed by atoms with Crippen LogP contribution in [0.5, 0.6) is 0 Å². The van der Waals surface area contributed by atoms with Crippen molar-refractivity contribution in [1.82, 2.24) is 15.1 Å². The number of urea groups is 1. The van der Waals surface area contributed by atoms with Crippen LogP contribution >= 0.6 is 0 Å². The van der Waals surface area contributed by atoms with Crippen LogP contribution in [-0.4, -0.2) is 65.5 Å². The third-order valence-electron chi connectivity index (χ3n) is 3.17. The van der Waals surface area contributed by atoms with Gasteiger partial charge in [0.25, 0.3) is 0 Å². The number of carboxylic acid groups (broad SMARTS) is 1. The maximum atomic E-state index is 12.2. The van der Waals surface area contributed by atoms with Gasteiger partial charge in [-0.05, 0) is 20.3 Å². The number of amides is 3. The Kier molecular flexibility index (Phi) is 5.59.